The van der Waals surface area contributed by atoms with Crippen molar-refractivity contribution in [3.63, 3.8) is 0 Å². The first-order valence-corrected chi connectivity index (χ1v) is 8.57. The van der Waals surface area contributed by atoms with Gasteiger partial charge in [0.1, 0.15) is 5.01 Å². The van der Waals surface area contributed by atoms with Crippen LogP contribution in [0.15, 0.2) is 30.3 Å². The Bertz CT molecular complexity index is 603. The lowest BCUT2D eigenvalue weighted by molar-refractivity contribution is 0.185. The maximum Gasteiger partial charge on any atom is 0.324 e. The van der Waals surface area contributed by atoms with Gasteiger partial charge < -0.3 is 10.0 Å². The molecule has 23 heavy (non-hydrogen) atoms. The van der Waals surface area contributed by atoms with Crippen LogP contribution in [0.2, 0.25) is 0 Å². The largest absolute Gasteiger partial charge is 0.395 e. The molecule has 0 saturated carbocycles. The number of hydrogen-bond acceptors (Lipinski definition) is 5. The topological polar surface area (TPSA) is 78.4 Å². The zero-order chi connectivity index (χ0) is 16.5. The first-order valence-electron chi connectivity index (χ1n) is 7.76. The standard InChI is InChI=1S/C16H22N4O2S/c1-2-3-9-14-18-19-15(23-14)17-16(22)20(10-11-21)12-13-7-5-4-6-8-13/h4-8,21H,2-3,9-12H2,1H3,(H,17,19,22). The predicted molar refractivity (Wildman–Crippen MR) is 91.5 cm³/mol. The van der Waals surface area contributed by atoms with Gasteiger partial charge in [-0.05, 0) is 12.0 Å². The minimum atomic E-state index is -0.277. The van der Waals surface area contributed by atoms with Crippen LogP contribution in [0.5, 0.6) is 0 Å². The molecular weight excluding hydrogens is 312 g/mol. The van der Waals surface area contributed by atoms with E-state index in [-0.39, 0.29) is 19.2 Å². The summed E-state index contributed by atoms with van der Waals surface area (Å²) >= 11 is 1.40. The number of rotatable bonds is 8. The van der Waals surface area contributed by atoms with Crippen molar-refractivity contribution >= 4 is 22.5 Å². The molecular formula is C16H22N4O2S. The number of unbranched alkanes of at least 4 members (excludes halogenated alkanes) is 1. The lowest BCUT2D eigenvalue weighted by atomic mass is 10.2. The fourth-order valence-corrected chi connectivity index (χ4v) is 2.85. The van der Waals surface area contributed by atoms with Gasteiger partial charge in [-0.2, -0.15) is 0 Å². The number of aliphatic hydroxyl groups is 1. The second-order valence-corrected chi connectivity index (χ2v) is 6.23. The van der Waals surface area contributed by atoms with Crippen LogP contribution in [0.3, 0.4) is 0 Å². The molecule has 1 heterocycles. The monoisotopic (exact) mass is 334 g/mol. The van der Waals surface area contributed by atoms with Crippen molar-refractivity contribution < 1.29 is 9.90 Å². The number of hydrogen-bond donors (Lipinski definition) is 2. The second kappa shape index (κ2) is 9.22. The van der Waals surface area contributed by atoms with E-state index in [2.05, 4.69) is 22.4 Å². The lowest BCUT2D eigenvalue weighted by Crippen LogP contribution is -2.36. The van der Waals surface area contributed by atoms with E-state index in [4.69, 9.17) is 0 Å². The Morgan fingerprint density at radius 2 is 2.09 bits per heavy atom. The van der Waals surface area contributed by atoms with Crippen LogP contribution in [0.1, 0.15) is 30.3 Å². The number of aromatic nitrogens is 2. The van der Waals surface area contributed by atoms with Crippen LogP contribution in [-0.2, 0) is 13.0 Å². The smallest absolute Gasteiger partial charge is 0.324 e. The Morgan fingerprint density at radius 1 is 1.30 bits per heavy atom. The number of amides is 2. The number of urea groups is 1. The fourth-order valence-electron chi connectivity index (χ4n) is 2.08. The minimum absolute atomic E-state index is 0.0852. The Kier molecular flexibility index (Phi) is 6.96. The number of carbonyl (C=O) groups is 1. The lowest BCUT2D eigenvalue weighted by Gasteiger charge is -2.21. The third-order valence-electron chi connectivity index (χ3n) is 3.30. The van der Waals surface area contributed by atoms with Crippen molar-refractivity contribution in [1.82, 2.24) is 15.1 Å². The molecule has 0 atom stereocenters. The van der Waals surface area contributed by atoms with Crippen molar-refractivity contribution in [3.05, 3.63) is 40.9 Å². The summed E-state index contributed by atoms with van der Waals surface area (Å²) in [4.78, 5) is 13.9. The minimum Gasteiger partial charge on any atom is -0.395 e. The maximum atomic E-state index is 12.4. The van der Waals surface area contributed by atoms with Gasteiger partial charge in [-0.3, -0.25) is 5.32 Å². The number of aryl methyl sites for hydroxylation is 1. The number of aliphatic hydroxyl groups excluding tert-OH is 1. The molecule has 2 amide bonds. The molecule has 0 spiro atoms. The van der Waals surface area contributed by atoms with Gasteiger partial charge in [-0.1, -0.05) is 55.0 Å². The van der Waals surface area contributed by atoms with Gasteiger partial charge in [0.25, 0.3) is 0 Å². The Hall–Kier alpha value is -1.99. The van der Waals surface area contributed by atoms with Gasteiger partial charge in [0.05, 0.1) is 6.61 Å². The van der Waals surface area contributed by atoms with E-state index in [9.17, 15) is 9.90 Å². The normalized spacial score (nSPS) is 10.5. The van der Waals surface area contributed by atoms with Crippen molar-refractivity contribution in [2.45, 2.75) is 32.7 Å². The molecule has 0 radical (unpaired) electrons. The highest BCUT2D eigenvalue weighted by molar-refractivity contribution is 7.15. The van der Waals surface area contributed by atoms with E-state index < -0.39 is 0 Å². The van der Waals surface area contributed by atoms with E-state index in [0.717, 1.165) is 29.8 Å². The summed E-state index contributed by atoms with van der Waals surface area (Å²) in [5, 5.41) is 21.5. The molecule has 6 nitrogen and oxygen atoms in total. The zero-order valence-corrected chi connectivity index (χ0v) is 14.1. The van der Waals surface area contributed by atoms with Crippen molar-refractivity contribution in [1.29, 1.82) is 0 Å². The number of benzene rings is 1. The van der Waals surface area contributed by atoms with Crippen molar-refractivity contribution in [3.8, 4) is 0 Å². The molecule has 7 heteroatoms. The van der Waals surface area contributed by atoms with Crippen LogP contribution < -0.4 is 5.32 Å². The van der Waals surface area contributed by atoms with Crippen molar-refractivity contribution in [2.24, 2.45) is 0 Å². The number of nitrogens with one attached hydrogen (secondary N) is 1. The Morgan fingerprint density at radius 3 is 2.78 bits per heavy atom. The molecule has 0 bridgehead atoms. The van der Waals surface area contributed by atoms with E-state index in [1.165, 1.54) is 11.3 Å². The van der Waals surface area contributed by atoms with E-state index >= 15 is 0 Å². The highest BCUT2D eigenvalue weighted by Crippen LogP contribution is 2.18. The first-order chi connectivity index (χ1) is 11.2. The van der Waals surface area contributed by atoms with Crippen LogP contribution in [-0.4, -0.2) is 39.4 Å². The SMILES string of the molecule is CCCCc1nnc(NC(=O)N(CCO)Cc2ccccc2)s1. The van der Waals surface area contributed by atoms with Crippen LogP contribution in [0.25, 0.3) is 0 Å². The molecule has 2 aromatic rings. The molecule has 0 aliphatic rings. The highest BCUT2D eigenvalue weighted by Gasteiger charge is 2.15. The Labute approximate surface area is 140 Å². The molecule has 0 aliphatic carbocycles. The summed E-state index contributed by atoms with van der Waals surface area (Å²) in [6, 6.07) is 9.40. The first kappa shape index (κ1) is 17.4. The number of anilines is 1. The molecule has 124 valence electrons. The third kappa shape index (κ3) is 5.61. The van der Waals surface area contributed by atoms with Gasteiger partial charge >= 0.3 is 6.03 Å². The summed E-state index contributed by atoms with van der Waals surface area (Å²) in [6.45, 7) is 2.75. The summed E-state index contributed by atoms with van der Waals surface area (Å²) < 4.78 is 0. The molecule has 0 aliphatic heterocycles. The Balaban J connectivity index is 1.96. The van der Waals surface area contributed by atoms with Crippen LogP contribution >= 0.6 is 11.3 Å². The summed E-state index contributed by atoms with van der Waals surface area (Å²) in [6.07, 6.45) is 3.05. The van der Waals surface area contributed by atoms with E-state index in [1.54, 1.807) is 4.90 Å². The van der Waals surface area contributed by atoms with E-state index in [1.807, 2.05) is 30.3 Å². The molecule has 1 aromatic heterocycles. The molecule has 0 unspecified atom stereocenters. The van der Waals surface area contributed by atoms with Gasteiger partial charge in [0.15, 0.2) is 0 Å². The van der Waals surface area contributed by atoms with Crippen molar-refractivity contribution in [2.75, 3.05) is 18.5 Å². The van der Waals surface area contributed by atoms with Gasteiger partial charge in [-0.25, -0.2) is 4.79 Å². The third-order valence-corrected chi connectivity index (χ3v) is 4.20. The number of carbonyl (C=O) groups excluding carboxylic acids is 1. The van der Waals surface area contributed by atoms with Crippen LogP contribution in [0, 0.1) is 0 Å². The summed E-state index contributed by atoms with van der Waals surface area (Å²) in [5.41, 5.74) is 1.01. The number of nitrogens with zero attached hydrogens (tertiary/aromatic N) is 3. The summed E-state index contributed by atoms with van der Waals surface area (Å²) in [7, 11) is 0. The average Bonchev–Trinajstić information content (AvgIpc) is 3.01. The van der Waals surface area contributed by atoms with E-state index in [0.29, 0.717) is 11.7 Å². The average molecular weight is 334 g/mol. The molecule has 0 fully saturated rings. The maximum absolute atomic E-state index is 12.4. The molecule has 0 saturated heterocycles. The predicted octanol–water partition coefficient (Wildman–Crippen LogP) is 2.91. The highest BCUT2D eigenvalue weighted by atomic mass is 32.1. The molecule has 2 rings (SSSR count). The molecule has 2 N–H and O–H groups in total. The summed E-state index contributed by atoms with van der Waals surface area (Å²) in [5.74, 6) is 0. The fraction of sp³-hybridized carbons (Fsp3) is 0.438. The zero-order valence-electron chi connectivity index (χ0n) is 13.2. The quantitative estimate of drug-likeness (QED) is 0.778. The molecule has 1 aromatic carbocycles. The van der Waals surface area contributed by atoms with Gasteiger partial charge in [0, 0.05) is 19.5 Å². The van der Waals surface area contributed by atoms with Gasteiger partial charge in [-0.15, -0.1) is 10.2 Å². The van der Waals surface area contributed by atoms with Gasteiger partial charge in [0.2, 0.25) is 5.13 Å². The second-order valence-electron chi connectivity index (χ2n) is 5.17. The van der Waals surface area contributed by atoms with Crippen LogP contribution in [0.4, 0.5) is 9.93 Å².